The predicted molar refractivity (Wildman–Crippen MR) is 38.7 cm³/mol. The summed E-state index contributed by atoms with van der Waals surface area (Å²) in [7, 11) is 0. The number of halogens is 1. The lowest BCUT2D eigenvalue weighted by Crippen LogP contribution is -2.34. The van der Waals surface area contributed by atoms with Gasteiger partial charge >= 0.3 is 0 Å². The number of rotatable bonds is 0. The predicted octanol–water partition coefficient (Wildman–Crippen LogP) is 1.58. The van der Waals surface area contributed by atoms with Gasteiger partial charge in [0.1, 0.15) is 6.17 Å². The summed E-state index contributed by atoms with van der Waals surface area (Å²) in [6.45, 7) is 4.01. The topological polar surface area (TPSA) is 3.24 Å². The highest BCUT2D eigenvalue weighted by molar-refractivity contribution is 5.00. The minimum atomic E-state index is -0.551. The van der Waals surface area contributed by atoms with Crippen LogP contribution in [0.5, 0.6) is 0 Å². The highest BCUT2D eigenvalue weighted by Gasteiger charge is 2.44. The fourth-order valence-electron chi connectivity index (χ4n) is 2.40. The molecule has 2 atom stereocenters. The van der Waals surface area contributed by atoms with Crippen LogP contribution in [-0.2, 0) is 0 Å². The minimum absolute atomic E-state index is 0.236. The van der Waals surface area contributed by atoms with Crippen LogP contribution in [0.2, 0.25) is 0 Å². The normalized spacial score (nSPS) is 48.0. The van der Waals surface area contributed by atoms with E-state index in [9.17, 15) is 4.39 Å². The summed E-state index contributed by atoms with van der Waals surface area (Å²) in [4.78, 5) is 2.30. The van der Waals surface area contributed by atoms with E-state index in [1.54, 1.807) is 0 Å². The average molecular weight is 143 g/mol. The Morgan fingerprint density at radius 2 is 2.40 bits per heavy atom. The molecular weight excluding hydrogens is 129 g/mol. The summed E-state index contributed by atoms with van der Waals surface area (Å²) in [6, 6.07) is 0. The van der Waals surface area contributed by atoms with Crippen molar-refractivity contribution in [3.05, 3.63) is 0 Å². The lowest BCUT2D eigenvalue weighted by atomic mass is 9.97. The molecule has 2 aliphatic heterocycles. The number of alkyl halides is 1. The smallest absolute Gasteiger partial charge is 0.115 e. The molecule has 0 aromatic carbocycles. The van der Waals surface area contributed by atoms with Crippen molar-refractivity contribution in [2.24, 2.45) is 0 Å². The second kappa shape index (κ2) is 1.94. The maximum atomic E-state index is 12.8. The van der Waals surface area contributed by atoms with Gasteiger partial charge in [-0.15, -0.1) is 0 Å². The minimum Gasteiger partial charge on any atom is -0.295 e. The van der Waals surface area contributed by atoms with Crippen LogP contribution in [0.25, 0.3) is 0 Å². The quantitative estimate of drug-likeness (QED) is 0.497. The van der Waals surface area contributed by atoms with Crippen LogP contribution >= 0.6 is 0 Å². The van der Waals surface area contributed by atoms with Gasteiger partial charge in [-0.25, -0.2) is 4.39 Å². The van der Waals surface area contributed by atoms with E-state index < -0.39 is 6.17 Å². The van der Waals surface area contributed by atoms with Crippen molar-refractivity contribution in [3.63, 3.8) is 0 Å². The second-order valence-electron chi connectivity index (χ2n) is 3.85. The first-order valence-electron chi connectivity index (χ1n) is 4.10. The standard InChI is InChI=1S/C8H14FN/c1-8-3-2-4-10(8)6-7(9)5-8/h7H,2-6H2,1H3/t7-,8-/m1/s1. The zero-order valence-corrected chi connectivity index (χ0v) is 6.44. The van der Waals surface area contributed by atoms with Crippen molar-refractivity contribution in [1.29, 1.82) is 0 Å². The molecule has 2 heterocycles. The van der Waals surface area contributed by atoms with Gasteiger partial charge in [0.25, 0.3) is 0 Å². The number of hydrogen-bond acceptors (Lipinski definition) is 1. The van der Waals surface area contributed by atoms with Gasteiger partial charge in [0, 0.05) is 12.1 Å². The summed E-state index contributed by atoms with van der Waals surface area (Å²) in [5.74, 6) is 0. The van der Waals surface area contributed by atoms with E-state index in [1.165, 1.54) is 12.8 Å². The highest BCUT2D eigenvalue weighted by Crippen LogP contribution is 2.39. The fourth-order valence-corrected chi connectivity index (χ4v) is 2.40. The molecule has 2 rings (SSSR count). The van der Waals surface area contributed by atoms with Crippen LogP contribution in [0.3, 0.4) is 0 Å². The molecular formula is C8H14FN. The molecule has 2 saturated heterocycles. The molecule has 2 aliphatic rings. The molecule has 0 N–H and O–H groups in total. The van der Waals surface area contributed by atoms with Crippen LogP contribution in [-0.4, -0.2) is 29.7 Å². The van der Waals surface area contributed by atoms with Crippen molar-refractivity contribution in [2.45, 2.75) is 37.9 Å². The summed E-state index contributed by atoms with van der Waals surface area (Å²) >= 11 is 0. The molecule has 0 aromatic heterocycles. The molecule has 0 spiro atoms. The first-order chi connectivity index (χ1) is 4.71. The average Bonchev–Trinajstić information content (AvgIpc) is 2.20. The lowest BCUT2D eigenvalue weighted by molar-refractivity contribution is 0.217. The van der Waals surface area contributed by atoms with Gasteiger partial charge in [-0.2, -0.15) is 0 Å². The van der Waals surface area contributed by atoms with Crippen molar-refractivity contribution >= 4 is 0 Å². The highest BCUT2D eigenvalue weighted by atomic mass is 19.1. The molecule has 1 nitrogen and oxygen atoms in total. The molecule has 58 valence electrons. The number of nitrogens with zero attached hydrogens (tertiary/aromatic N) is 1. The first kappa shape index (κ1) is 6.59. The Morgan fingerprint density at radius 3 is 3.10 bits per heavy atom. The molecule has 0 radical (unpaired) electrons. The summed E-state index contributed by atoms with van der Waals surface area (Å²) in [6.07, 6.45) is 2.69. The molecule has 0 unspecified atom stereocenters. The van der Waals surface area contributed by atoms with Gasteiger partial charge in [-0.05, 0) is 32.7 Å². The van der Waals surface area contributed by atoms with E-state index >= 15 is 0 Å². The van der Waals surface area contributed by atoms with Crippen LogP contribution < -0.4 is 0 Å². The largest absolute Gasteiger partial charge is 0.295 e. The molecule has 2 fully saturated rings. The number of fused-ring (bicyclic) bond motifs is 1. The van der Waals surface area contributed by atoms with Crippen LogP contribution in [0, 0.1) is 0 Å². The molecule has 0 saturated carbocycles. The summed E-state index contributed by atoms with van der Waals surface area (Å²) in [5, 5.41) is 0. The van der Waals surface area contributed by atoms with E-state index in [0.717, 1.165) is 13.0 Å². The van der Waals surface area contributed by atoms with Gasteiger partial charge in [0.2, 0.25) is 0 Å². The molecule has 0 bridgehead atoms. The Balaban J connectivity index is 2.15. The summed E-state index contributed by atoms with van der Waals surface area (Å²) < 4.78 is 12.8. The third kappa shape index (κ3) is 0.782. The van der Waals surface area contributed by atoms with Crippen molar-refractivity contribution in [3.8, 4) is 0 Å². The van der Waals surface area contributed by atoms with Crippen LogP contribution in [0.1, 0.15) is 26.2 Å². The van der Waals surface area contributed by atoms with Gasteiger partial charge < -0.3 is 0 Å². The van der Waals surface area contributed by atoms with E-state index in [4.69, 9.17) is 0 Å². The molecule has 10 heavy (non-hydrogen) atoms. The van der Waals surface area contributed by atoms with Crippen molar-refractivity contribution < 1.29 is 4.39 Å². The Labute approximate surface area is 61.2 Å². The zero-order valence-electron chi connectivity index (χ0n) is 6.44. The molecule has 0 amide bonds. The van der Waals surface area contributed by atoms with Crippen molar-refractivity contribution in [2.75, 3.05) is 13.1 Å². The van der Waals surface area contributed by atoms with E-state index in [0.29, 0.717) is 6.54 Å². The number of hydrogen-bond donors (Lipinski definition) is 0. The van der Waals surface area contributed by atoms with Gasteiger partial charge in [0.15, 0.2) is 0 Å². The van der Waals surface area contributed by atoms with Gasteiger partial charge in [-0.3, -0.25) is 4.90 Å². The molecule has 0 aliphatic carbocycles. The van der Waals surface area contributed by atoms with E-state index in [1.807, 2.05) is 0 Å². The van der Waals surface area contributed by atoms with E-state index in [2.05, 4.69) is 11.8 Å². The third-order valence-electron chi connectivity index (χ3n) is 2.99. The molecule has 2 heteroatoms. The Morgan fingerprint density at radius 1 is 1.60 bits per heavy atom. The maximum Gasteiger partial charge on any atom is 0.115 e. The van der Waals surface area contributed by atoms with E-state index in [-0.39, 0.29) is 5.54 Å². The monoisotopic (exact) mass is 143 g/mol. The Kier molecular flexibility index (Phi) is 1.28. The fraction of sp³-hybridized carbons (Fsp3) is 1.00. The lowest BCUT2D eigenvalue weighted by Gasteiger charge is -2.25. The van der Waals surface area contributed by atoms with Gasteiger partial charge in [-0.1, -0.05) is 0 Å². The maximum absolute atomic E-state index is 12.8. The Bertz CT molecular complexity index is 148. The second-order valence-corrected chi connectivity index (χ2v) is 3.85. The zero-order chi connectivity index (χ0) is 7.19. The van der Waals surface area contributed by atoms with Gasteiger partial charge in [0.05, 0.1) is 0 Å². The molecule has 0 aromatic rings. The van der Waals surface area contributed by atoms with Crippen LogP contribution in [0.15, 0.2) is 0 Å². The summed E-state index contributed by atoms with van der Waals surface area (Å²) in [5.41, 5.74) is 0.236. The van der Waals surface area contributed by atoms with Crippen LogP contribution in [0.4, 0.5) is 4.39 Å². The Hall–Kier alpha value is -0.110. The SMILES string of the molecule is C[C@]12CCCN1C[C@H](F)C2. The first-order valence-corrected chi connectivity index (χ1v) is 4.10. The van der Waals surface area contributed by atoms with Crippen molar-refractivity contribution in [1.82, 2.24) is 4.90 Å². The third-order valence-corrected chi connectivity index (χ3v) is 2.99.